The van der Waals surface area contributed by atoms with E-state index < -0.39 is 28.9 Å². The predicted octanol–water partition coefficient (Wildman–Crippen LogP) is 6.36. The van der Waals surface area contributed by atoms with Crippen LogP contribution < -0.4 is 5.32 Å². The second kappa shape index (κ2) is 7.99. The average Bonchev–Trinajstić information content (AvgIpc) is 3.19. The Bertz CT molecular complexity index is 1210. The van der Waals surface area contributed by atoms with E-state index in [2.05, 4.69) is 31.2 Å². The molecule has 0 saturated heterocycles. The molecule has 4 nitrogen and oxygen atoms in total. The molecule has 0 saturated carbocycles. The summed E-state index contributed by atoms with van der Waals surface area (Å²) in [5, 5.41) is 13.9. The van der Waals surface area contributed by atoms with E-state index in [9.17, 15) is 13.9 Å². The summed E-state index contributed by atoms with van der Waals surface area (Å²) in [4.78, 5) is 9.17. The fourth-order valence-corrected chi connectivity index (χ4v) is 4.95. The number of aryl methyl sites for hydroxylation is 2. The van der Waals surface area contributed by atoms with Crippen LogP contribution in [0.15, 0.2) is 28.7 Å². The second-order valence-corrected chi connectivity index (χ2v) is 9.75. The van der Waals surface area contributed by atoms with Crippen LogP contribution in [-0.2, 0) is 18.8 Å². The number of fused-ring (bicyclic) bond motifs is 3. The molecule has 8 heteroatoms. The highest BCUT2D eigenvalue weighted by Gasteiger charge is 2.49. The lowest BCUT2D eigenvalue weighted by atomic mass is 9.91. The van der Waals surface area contributed by atoms with Crippen molar-refractivity contribution in [2.75, 3.05) is 5.32 Å². The van der Waals surface area contributed by atoms with Crippen molar-refractivity contribution in [1.82, 2.24) is 9.97 Å². The molecule has 1 aromatic heterocycles. The smallest absolute Gasteiger partial charge is 0.303 e. The molecule has 2 N–H and O–H groups in total. The molecule has 1 heterocycles. The quantitative estimate of drug-likeness (QED) is 0.421. The highest BCUT2D eigenvalue weighted by molar-refractivity contribution is 9.10. The minimum atomic E-state index is -3.75. The minimum absolute atomic E-state index is 0.0658. The van der Waals surface area contributed by atoms with Gasteiger partial charge >= 0.3 is 5.92 Å². The fourth-order valence-electron chi connectivity index (χ4n) is 4.28. The van der Waals surface area contributed by atoms with Crippen LogP contribution in [0.5, 0.6) is 0 Å². The first-order valence-electron chi connectivity index (χ1n) is 10.6. The lowest BCUT2D eigenvalue weighted by Gasteiger charge is -2.30. The summed E-state index contributed by atoms with van der Waals surface area (Å²) < 4.78 is 45.6. The van der Waals surface area contributed by atoms with Gasteiger partial charge in [0.05, 0.1) is 17.1 Å². The van der Waals surface area contributed by atoms with Crippen LogP contribution in [0.3, 0.4) is 0 Å². The Morgan fingerprint density at radius 2 is 1.84 bits per heavy atom. The van der Waals surface area contributed by atoms with E-state index in [1.165, 1.54) is 23.3 Å². The van der Waals surface area contributed by atoms with Crippen molar-refractivity contribution in [3.63, 3.8) is 0 Å². The molecule has 0 fully saturated rings. The van der Waals surface area contributed by atoms with Crippen LogP contribution in [0.4, 0.5) is 19.0 Å². The lowest BCUT2D eigenvalue weighted by Crippen LogP contribution is -2.41. The number of aromatic nitrogens is 2. The summed E-state index contributed by atoms with van der Waals surface area (Å²) in [7, 11) is 0. The molecule has 3 aromatic rings. The van der Waals surface area contributed by atoms with Gasteiger partial charge in [0.15, 0.2) is 0 Å². The molecule has 4 rings (SSSR count). The van der Waals surface area contributed by atoms with Gasteiger partial charge in [0.1, 0.15) is 23.1 Å². The van der Waals surface area contributed by atoms with Crippen molar-refractivity contribution in [2.45, 2.75) is 64.5 Å². The van der Waals surface area contributed by atoms with Gasteiger partial charge in [-0.2, -0.15) is 8.78 Å². The van der Waals surface area contributed by atoms with Crippen molar-refractivity contribution >= 4 is 32.7 Å². The summed E-state index contributed by atoms with van der Waals surface area (Å²) in [6.07, 6.45) is 2.98. The third kappa shape index (κ3) is 3.77. The topological polar surface area (TPSA) is 58.0 Å². The van der Waals surface area contributed by atoms with Crippen LogP contribution in [0.25, 0.3) is 10.9 Å². The number of rotatable bonds is 5. The molecule has 1 aliphatic rings. The molecule has 0 bridgehead atoms. The van der Waals surface area contributed by atoms with Crippen molar-refractivity contribution in [3.8, 4) is 0 Å². The van der Waals surface area contributed by atoms with Gasteiger partial charge in [-0.3, -0.25) is 0 Å². The van der Waals surface area contributed by atoms with Gasteiger partial charge in [-0.15, -0.1) is 0 Å². The standard InChI is InChI=1S/C24H25BrF3N3O/c1-12(14-7-6-10-18(20(14)26)24(27,28)23(3,4)32)29-22-17-11-19(25)15-8-5-9-16(15)21(17)30-13(2)31-22/h6-7,10-12,32H,5,8-9H2,1-4H3,(H,29,30,31). The zero-order valence-electron chi connectivity index (χ0n) is 18.4. The van der Waals surface area contributed by atoms with Crippen LogP contribution >= 0.6 is 15.9 Å². The zero-order chi connectivity index (χ0) is 23.4. The first-order chi connectivity index (χ1) is 14.9. The van der Waals surface area contributed by atoms with Gasteiger partial charge < -0.3 is 10.4 Å². The second-order valence-electron chi connectivity index (χ2n) is 8.89. The Hall–Kier alpha value is -2.19. The molecule has 0 radical (unpaired) electrons. The number of hydrogen-bond acceptors (Lipinski definition) is 4. The first-order valence-corrected chi connectivity index (χ1v) is 11.4. The number of aliphatic hydroxyl groups is 1. The highest BCUT2D eigenvalue weighted by Crippen LogP contribution is 2.42. The fraction of sp³-hybridized carbons (Fsp3) is 0.417. The van der Waals surface area contributed by atoms with Gasteiger partial charge in [-0.05, 0) is 70.2 Å². The number of hydrogen-bond donors (Lipinski definition) is 2. The van der Waals surface area contributed by atoms with Gasteiger partial charge in [0.2, 0.25) is 0 Å². The molecule has 0 spiro atoms. The van der Waals surface area contributed by atoms with E-state index in [1.807, 2.05) is 6.07 Å². The molecule has 1 aliphatic carbocycles. The summed E-state index contributed by atoms with van der Waals surface area (Å²) in [5.41, 5.74) is 0.133. The molecular weight excluding hydrogens is 483 g/mol. The number of nitrogens with zero attached hydrogens (tertiary/aromatic N) is 2. The van der Waals surface area contributed by atoms with Crippen molar-refractivity contribution in [2.24, 2.45) is 0 Å². The number of alkyl halides is 2. The summed E-state index contributed by atoms with van der Waals surface area (Å²) >= 11 is 3.64. The summed E-state index contributed by atoms with van der Waals surface area (Å²) in [6.45, 7) is 5.42. The maximum Gasteiger partial charge on any atom is 0.303 e. The van der Waals surface area contributed by atoms with E-state index in [-0.39, 0.29) is 5.56 Å². The molecular formula is C24H25BrF3N3O. The SMILES string of the molecule is Cc1nc(NC(C)c2cccc(C(F)(F)C(C)(C)O)c2F)c2cc(Br)c3c(c2n1)CCC3. The maximum absolute atomic E-state index is 15.2. The number of benzene rings is 2. The molecule has 2 aromatic carbocycles. The number of halogens is 4. The van der Waals surface area contributed by atoms with Crippen molar-refractivity contribution in [1.29, 1.82) is 0 Å². The largest absolute Gasteiger partial charge is 0.384 e. The van der Waals surface area contributed by atoms with Crippen LogP contribution in [0, 0.1) is 12.7 Å². The van der Waals surface area contributed by atoms with Crippen molar-refractivity contribution < 1.29 is 18.3 Å². The average molecular weight is 508 g/mol. The monoisotopic (exact) mass is 507 g/mol. The van der Waals surface area contributed by atoms with Crippen LogP contribution in [0.2, 0.25) is 0 Å². The zero-order valence-corrected chi connectivity index (χ0v) is 19.9. The summed E-state index contributed by atoms with van der Waals surface area (Å²) in [5.74, 6) is -3.70. The highest BCUT2D eigenvalue weighted by atomic mass is 79.9. The molecule has 32 heavy (non-hydrogen) atoms. The Kier molecular flexibility index (Phi) is 5.74. The van der Waals surface area contributed by atoms with Gasteiger partial charge in [0, 0.05) is 15.4 Å². The molecule has 1 atom stereocenters. The third-order valence-corrected chi connectivity index (χ3v) is 6.78. The van der Waals surface area contributed by atoms with Gasteiger partial charge in [-0.1, -0.05) is 28.1 Å². The minimum Gasteiger partial charge on any atom is -0.384 e. The molecule has 0 aliphatic heterocycles. The molecule has 1 unspecified atom stereocenters. The van der Waals surface area contributed by atoms with E-state index in [4.69, 9.17) is 0 Å². The molecule has 170 valence electrons. The Morgan fingerprint density at radius 3 is 2.53 bits per heavy atom. The summed E-state index contributed by atoms with van der Waals surface area (Å²) in [6, 6.07) is 5.15. The number of nitrogens with one attached hydrogen (secondary N) is 1. The maximum atomic E-state index is 15.2. The Balaban J connectivity index is 1.77. The van der Waals surface area contributed by atoms with Crippen molar-refractivity contribution in [3.05, 3.63) is 62.6 Å². The van der Waals surface area contributed by atoms with E-state index >= 15 is 4.39 Å². The Morgan fingerprint density at radius 1 is 1.16 bits per heavy atom. The lowest BCUT2D eigenvalue weighted by molar-refractivity contribution is -0.170. The normalized spacial score (nSPS) is 15.2. The van der Waals surface area contributed by atoms with Crippen LogP contribution in [-0.4, -0.2) is 20.7 Å². The van der Waals surface area contributed by atoms with Gasteiger partial charge in [0.25, 0.3) is 0 Å². The first kappa shape index (κ1) is 23.0. The number of anilines is 1. The van der Waals surface area contributed by atoms with E-state index in [0.29, 0.717) is 11.6 Å². The predicted molar refractivity (Wildman–Crippen MR) is 123 cm³/mol. The Labute approximate surface area is 193 Å². The van der Waals surface area contributed by atoms with E-state index in [0.717, 1.165) is 54.6 Å². The van der Waals surface area contributed by atoms with Crippen LogP contribution in [0.1, 0.15) is 61.3 Å². The molecule has 0 amide bonds. The van der Waals surface area contributed by atoms with E-state index in [1.54, 1.807) is 13.8 Å². The van der Waals surface area contributed by atoms with Gasteiger partial charge in [-0.25, -0.2) is 14.4 Å². The third-order valence-electron chi connectivity index (χ3n) is 6.08.